The SMILES string of the molecule is CCOc1nc(NN)nc(N(CCOC)CCOC)n1. The van der Waals surface area contributed by atoms with E-state index in [4.69, 9.17) is 20.1 Å². The van der Waals surface area contributed by atoms with E-state index in [1.54, 1.807) is 14.2 Å². The van der Waals surface area contributed by atoms with Gasteiger partial charge in [-0.1, -0.05) is 0 Å². The quantitative estimate of drug-likeness (QED) is 0.441. The molecular formula is C11H22N6O3. The van der Waals surface area contributed by atoms with Gasteiger partial charge in [-0.3, -0.25) is 5.43 Å². The van der Waals surface area contributed by atoms with E-state index in [1.165, 1.54) is 0 Å². The molecule has 0 aromatic carbocycles. The second kappa shape index (κ2) is 9.23. The van der Waals surface area contributed by atoms with Crippen molar-refractivity contribution in [3.8, 4) is 6.01 Å². The first-order chi connectivity index (χ1) is 9.74. The van der Waals surface area contributed by atoms with Gasteiger partial charge in [0.1, 0.15) is 0 Å². The van der Waals surface area contributed by atoms with Gasteiger partial charge in [-0.15, -0.1) is 0 Å². The van der Waals surface area contributed by atoms with Crippen molar-refractivity contribution in [2.75, 3.05) is 57.5 Å². The summed E-state index contributed by atoms with van der Waals surface area (Å²) in [6.45, 7) is 4.66. The minimum Gasteiger partial charge on any atom is -0.464 e. The number of nitrogens with two attached hydrogens (primary N) is 1. The molecule has 1 heterocycles. The highest BCUT2D eigenvalue weighted by Crippen LogP contribution is 2.14. The number of rotatable bonds is 10. The Labute approximate surface area is 118 Å². The van der Waals surface area contributed by atoms with Crippen LogP contribution in [0.1, 0.15) is 6.92 Å². The van der Waals surface area contributed by atoms with Crippen LogP contribution in [0.25, 0.3) is 0 Å². The summed E-state index contributed by atoms with van der Waals surface area (Å²) in [7, 11) is 3.28. The zero-order valence-corrected chi connectivity index (χ0v) is 12.1. The van der Waals surface area contributed by atoms with Gasteiger partial charge in [0.15, 0.2) is 0 Å². The molecule has 0 unspecified atom stereocenters. The molecular weight excluding hydrogens is 264 g/mol. The predicted molar refractivity (Wildman–Crippen MR) is 74.8 cm³/mol. The van der Waals surface area contributed by atoms with E-state index in [9.17, 15) is 0 Å². The third-order valence-corrected chi connectivity index (χ3v) is 2.42. The Morgan fingerprint density at radius 3 is 2.25 bits per heavy atom. The van der Waals surface area contributed by atoms with E-state index < -0.39 is 0 Å². The Bertz CT molecular complexity index is 384. The first-order valence-corrected chi connectivity index (χ1v) is 6.33. The van der Waals surface area contributed by atoms with Gasteiger partial charge in [-0.2, -0.15) is 15.0 Å². The molecule has 0 fully saturated rings. The fourth-order valence-electron chi connectivity index (χ4n) is 1.46. The number of ether oxygens (including phenoxy) is 3. The van der Waals surface area contributed by atoms with Gasteiger partial charge in [-0.25, -0.2) is 5.84 Å². The topological polar surface area (TPSA) is 108 Å². The number of hydrogen-bond acceptors (Lipinski definition) is 9. The van der Waals surface area contributed by atoms with Gasteiger partial charge in [0.2, 0.25) is 11.9 Å². The van der Waals surface area contributed by atoms with Gasteiger partial charge in [0.05, 0.1) is 19.8 Å². The number of hydrogen-bond donors (Lipinski definition) is 2. The van der Waals surface area contributed by atoms with Crippen LogP contribution in [0, 0.1) is 0 Å². The minimum absolute atomic E-state index is 0.227. The molecule has 0 radical (unpaired) electrons. The number of methoxy groups -OCH3 is 2. The molecule has 0 amide bonds. The highest BCUT2D eigenvalue weighted by atomic mass is 16.5. The molecule has 114 valence electrons. The van der Waals surface area contributed by atoms with Crippen molar-refractivity contribution in [1.82, 2.24) is 15.0 Å². The number of hydrazine groups is 1. The van der Waals surface area contributed by atoms with E-state index in [0.717, 1.165) is 0 Å². The number of nitrogen functional groups attached to an aromatic ring is 1. The lowest BCUT2D eigenvalue weighted by Crippen LogP contribution is -2.32. The largest absolute Gasteiger partial charge is 0.464 e. The van der Waals surface area contributed by atoms with Crippen LogP contribution in [-0.2, 0) is 9.47 Å². The molecule has 9 nitrogen and oxygen atoms in total. The van der Waals surface area contributed by atoms with Crippen LogP contribution in [0.3, 0.4) is 0 Å². The molecule has 0 bridgehead atoms. The average Bonchev–Trinajstić information content (AvgIpc) is 2.47. The van der Waals surface area contributed by atoms with Crippen molar-refractivity contribution in [2.24, 2.45) is 5.84 Å². The molecule has 0 aliphatic carbocycles. The summed E-state index contributed by atoms with van der Waals surface area (Å²) < 4.78 is 15.5. The molecule has 1 aromatic heterocycles. The molecule has 1 rings (SSSR count). The second-order valence-corrected chi connectivity index (χ2v) is 3.79. The maximum Gasteiger partial charge on any atom is 0.323 e. The van der Waals surface area contributed by atoms with Crippen LogP contribution in [0.15, 0.2) is 0 Å². The van der Waals surface area contributed by atoms with Crippen LogP contribution in [-0.4, -0.2) is 62.1 Å². The van der Waals surface area contributed by atoms with Crippen molar-refractivity contribution >= 4 is 11.9 Å². The van der Waals surface area contributed by atoms with Gasteiger partial charge in [0, 0.05) is 27.3 Å². The van der Waals surface area contributed by atoms with Crippen molar-refractivity contribution in [2.45, 2.75) is 6.92 Å². The first-order valence-electron chi connectivity index (χ1n) is 6.33. The van der Waals surface area contributed by atoms with Gasteiger partial charge >= 0.3 is 6.01 Å². The maximum absolute atomic E-state index is 5.36. The van der Waals surface area contributed by atoms with Crippen LogP contribution >= 0.6 is 0 Å². The molecule has 0 spiro atoms. The Kier molecular flexibility index (Phi) is 7.55. The Balaban J connectivity index is 2.93. The normalized spacial score (nSPS) is 10.4. The summed E-state index contributed by atoms with van der Waals surface area (Å²) in [6.07, 6.45) is 0. The summed E-state index contributed by atoms with van der Waals surface area (Å²) in [5.41, 5.74) is 2.40. The number of anilines is 2. The van der Waals surface area contributed by atoms with E-state index in [0.29, 0.717) is 38.9 Å². The van der Waals surface area contributed by atoms with Crippen LogP contribution in [0.2, 0.25) is 0 Å². The predicted octanol–water partition coefficient (Wildman–Crippen LogP) is -0.345. The van der Waals surface area contributed by atoms with E-state index in [-0.39, 0.29) is 12.0 Å². The highest BCUT2D eigenvalue weighted by Gasteiger charge is 2.13. The van der Waals surface area contributed by atoms with Gasteiger partial charge < -0.3 is 19.1 Å². The van der Waals surface area contributed by atoms with Crippen molar-refractivity contribution in [3.05, 3.63) is 0 Å². The lowest BCUT2D eigenvalue weighted by Gasteiger charge is -2.22. The number of aromatic nitrogens is 3. The van der Waals surface area contributed by atoms with Crippen molar-refractivity contribution in [1.29, 1.82) is 0 Å². The minimum atomic E-state index is 0.227. The lowest BCUT2D eigenvalue weighted by molar-refractivity contribution is 0.189. The maximum atomic E-state index is 5.36. The van der Waals surface area contributed by atoms with Crippen LogP contribution < -0.4 is 20.9 Å². The molecule has 0 aliphatic heterocycles. The third-order valence-electron chi connectivity index (χ3n) is 2.42. The zero-order valence-electron chi connectivity index (χ0n) is 12.1. The molecule has 0 atom stereocenters. The van der Waals surface area contributed by atoms with E-state index in [1.807, 2.05) is 11.8 Å². The molecule has 0 aliphatic rings. The summed E-state index contributed by atoms with van der Waals surface area (Å²) >= 11 is 0. The Morgan fingerprint density at radius 1 is 1.10 bits per heavy atom. The number of nitrogens with one attached hydrogen (secondary N) is 1. The third kappa shape index (κ3) is 5.11. The summed E-state index contributed by atoms with van der Waals surface area (Å²) in [5.74, 6) is 6.07. The van der Waals surface area contributed by atoms with E-state index >= 15 is 0 Å². The fourth-order valence-corrected chi connectivity index (χ4v) is 1.46. The monoisotopic (exact) mass is 286 g/mol. The van der Waals surface area contributed by atoms with Crippen LogP contribution in [0.4, 0.5) is 11.9 Å². The molecule has 20 heavy (non-hydrogen) atoms. The zero-order chi connectivity index (χ0) is 14.8. The molecule has 1 aromatic rings. The second-order valence-electron chi connectivity index (χ2n) is 3.79. The van der Waals surface area contributed by atoms with Crippen molar-refractivity contribution in [3.63, 3.8) is 0 Å². The smallest absolute Gasteiger partial charge is 0.323 e. The average molecular weight is 286 g/mol. The molecule has 0 saturated carbocycles. The summed E-state index contributed by atoms with van der Waals surface area (Å²) in [6, 6.07) is 0.227. The molecule has 9 heteroatoms. The fraction of sp³-hybridized carbons (Fsp3) is 0.727. The van der Waals surface area contributed by atoms with Gasteiger partial charge in [0.25, 0.3) is 0 Å². The summed E-state index contributed by atoms with van der Waals surface area (Å²) in [5, 5.41) is 0. The molecule has 0 saturated heterocycles. The number of nitrogens with zero attached hydrogens (tertiary/aromatic N) is 4. The molecule has 3 N–H and O–H groups in total. The lowest BCUT2D eigenvalue weighted by atomic mass is 10.5. The highest BCUT2D eigenvalue weighted by molar-refractivity contribution is 5.37. The van der Waals surface area contributed by atoms with Crippen molar-refractivity contribution < 1.29 is 14.2 Å². The van der Waals surface area contributed by atoms with Gasteiger partial charge in [-0.05, 0) is 6.92 Å². The summed E-state index contributed by atoms with van der Waals surface area (Å²) in [4.78, 5) is 14.4. The first kappa shape index (κ1) is 16.3. The van der Waals surface area contributed by atoms with Crippen LogP contribution in [0.5, 0.6) is 6.01 Å². The van der Waals surface area contributed by atoms with E-state index in [2.05, 4.69) is 20.4 Å². The Morgan fingerprint density at radius 2 is 1.75 bits per heavy atom. The Hall–Kier alpha value is -1.71. The standard InChI is InChI=1S/C11H22N6O3/c1-4-20-11-14-9(16-12)13-10(15-11)17(5-7-18-2)6-8-19-3/h4-8,12H2,1-3H3,(H,13,14,15,16).